The maximum atomic E-state index is 4.41. The third-order valence-electron chi connectivity index (χ3n) is 3.70. The van der Waals surface area contributed by atoms with E-state index in [0.717, 1.165) is 18.8 Å². The van der Waals surface area contributed by atoms with Gasteiger partial charge in [0.05, 0.1) is 17.9 Å². The van der Waals surface area contributed by atoms with Crippen LogP contribution in [0.4, 0.5) is 0 Å². The van der Waals surface area contributed by atoms with E-state index in [4.69, 9.17) is 0 Å². The first-order valence-corrected chi connectivity index (χ1v) is 6.90. The molecular weight excluding hydrogens is 248 g/mol. The molecule has 2 aromatic heterocycles. The first-order chi connectivity index (χ1) is 9.69. The highest BCUT2D eigenvalue weighted by Crippen LogP contribution is 2.21. The van der Waals surface area contributed by atoms with E-state index in [9.17, 15) is 0 Å². The minimum Gasteiger partial charge on any atom is -0.341 e. The average molecular weight is 268 g/mol. The topological polar surface area (TPSA) is 34.8 Å². The molecule has 0 aliphatic heterocycles. The van der Waals surface area contributed by atoms with Crippen molar-refractivity contribution in [2.45, 2.75) is 20.0 Å². The molecule has 0 saturated heterocycles. The quantitative estimate of drug-likeness (QED) is 0.789. The monoisotopic (exact) mass is 268 g/mol. The zero-order valence-corrected chi connectivity index (χ0v) is 12.2. The van der Waals surface area contributed by atoms with Crippen LogP contribution in [0.1, 0.15) is 17.0 Å². The first kappa shape index (κ1) is 12.9. The van der Waals surface area contributed by atoms with Crippen molar-refractivity contribution in [2.75, 3.05) is 7.05 Å². The van der Waals surface area contributed by atoms with Crippen molar-refractivity contribution in [3.63, 3.8) is 0 Å². The smallest absolute Gasteiger partial charge is 0.0645 e. The summed E-state index contributed by atoms with van der Waals surface area (Å²) in [6.45, 7) is 3.78. The Morgan fingerprint density at radius 2 is 2.10 bits per heavy atom. The van der Waals surface area contributed by atoms with Crippen LogP contribution in [0.2, 0.25) is 0 Å². The molecule has 1 aromatic carbocycles. The van der Waals surface area contributed by atoms with Crippen LogP contribution in [-0.4, -0.2) is 21.4 Å². The number of benzene rings is 1. The summed E-state index contributed by atoms with van der Waals surface area (Å²) in [7, 11) is 3.98. The van der Waals surface area contributed by atoms with Crippen LogP contribution >= 0.6 is 0 Å². The molecule has 0 spiro atoms. The summed E-state index contributed by atoms with van der Waals surface area (Å²) < 4.78 is 4.24. The van der Waals surface area contributed by atoms with Gasteiger partial charge in [0.15, 0.2) is 0 Å². The van der Waals surface area contributed by atoms with E-state index in [-0.39, 0.29) is 0 Å². The van der Waals surface area contributed by atoms with Crippen molar-refractivity contribution in [1.82, 2.24) is 19.7 Å². The van der Waals surface area contributed by atoms with Gasteiger partial charge < -0.3 is 9.88 Å². The summed E-state index contributed by atoms with van der Waals surface area (Å²) in [5, 5.41) is 8.96. The molecule has 3 rings (SSSR count). The number of hydrogen-bond acceptors (Lipinski definition) is 2. The molecule has 20 heavy (non-hydrogen) atoms. The normalized spacial score (nSPS) is 11.3. The summed E-state index contributed by atoms with van der Waals surface area (Å²) in [6.07, 6.45) is 2.16. The summed E-state index contributed by atoms with van der Waals surface area (Å²) in [5.41, 5.74) is 4.90. The Morgan fingerprint density at radius 1 is 1.25 bits per heavy atom. The summed E-state index contributed by atoms with van der Waals surface area (Å²) in [6, 6.07) is 10.8. The van der Waals surface area contributed by atoms with Crippen molar-refractivity contribution >= 4 is 10.9 Å². The zero-order chi connectivity index (χ0) is 14.1. The molecule has 3 aromatic rings. The van der Waals surface area contributed by atoms with Crippen molar-refractivity contribution in [1.29, 1.82) is 0 Å². The molecule has 104 valence electrons. The van der Waals surface area contributed by atoms with Gasteiger partial charge in [-0.2, -0.15) is 5.10 Å². The third kappa shape index (κ3) is 2.23. The number of rotatable bonds is 4. The Bertz CT molecular complexity index is 736. The van der Waals surface area contributed by atoms with E-state index in [1.165, 1.54) is 22.2 Å². The molecule has 4 heteroatoms. The van der Waals surface area contributed by atoms with Crippen LogP contribution < -0.4 is 5.32 Å². The van der Waals surface area contributed by atoms with Gasteiger partial charge in [0, 0.05) is 30.7 Å². The average Bonchev–Trinajstić information content (AvgIpc) is 2.96. The summed E-state index contributed by atoms with van der Waals surface area (Å²) in [5.74, 6) is 0. The Labute approximate surface area is 119 Å². The lowest BCUT2D eigenvalue weighted by Crippen LogP contribution is -2.06. The second-order valence-corrected chi connectivity index (χ2v) is 5.22. The van der Waals surface area contributed by atoms with Crippen LogP contribution in [-0.2, 0) is 20.1 Å². The Hall–Kier alpha value is -2.07. The molecule has 2 heterocycles. The van der Waals surface area contributed by atoms with Gasteiger partial charge >= 0.3 is 0 Å². The molecule has 0 radical (unpaired) electrons. The highest BCUT2D eigenvalue weighted by atomic mass is 15.3. The fourth-order valence-corrected chi connectivity index (χ4v) is 2.76. The molecule has 1 N–H and O–H groups in total. The Morgan fingerprint density at radius 3 is 2.80 bits per heavy atom. The Kier molecular flexibility index (Phi) is 3.32. The summed E-state index contributed by atoms with van der Waals surface area (Å²) in [4.78, 5) is 0. The highest BCUT2D eigenvalue weighted by molar-refractivity contribution is 5.83. The zero-order valence-electron chi connectivity index (χ0n) is 12.2. The highest BCUT2D eigenvalue weighted by Gasteiger charge is 2.08. The largest absolute Gasteiger partial charge is 0.341 e. The van der Waals surface area contributed by atoms with Gasteiger partial charge in [-0.25, -0.2) is 0 Å². The van der Waals surface area contributed by atoms with Crippen molar-refractivity contribution in [3.05, 3.63) is 53.5 Å². The van der Waals surface area contributed by atoms with E-state index < -0.39 is 0 Å². The van der Waals surface area contributed by atoms with Gasteiger partial charge in [-0.15, -0.1) is 0 Å². The number of aryl methyl sites for hydroxylation is 2. The lowest BCUT2D eigenvalue weighted by molar-refractivity contribution is 0.673. The van der Waals surface area contributed by atoms with E-state index in [2.05, 4.69) is 51.5 Å². The summed E-state index contributed by atoms with van der Waals surface area (Å²) >= 11 is 0. The van der Waals surface area contributed by atoms with Crippen LogP contribution in [0.3, 0.4) is 0 Å². The minimum absolute atomic E-state index is 0.851. The molecule has 0 atom stereocenters. The molecule has 0 saturated carbocycles. The molecule has 0 fully saturated rings. The van der Waals surface area contributed by atoms with Crippen LogP contribution in [0.25, 0.3) is 10.9 Å². The Balaban J connectivity index is 2.00. The fourth-order valence-electron chi connectivity index (χ4n) is 2.76. The predicted molar refractivity (Wildman–Crippen MR) is 81.7 cm³/mol. The van der Waals surface area contributed by atoms with Crippen LogP contribution in [0.5, 0.6) is 0 Å². The minimum atomic E-state index is 0.851. The third-order valence-corrected chi connectivity index (χ3v) is 3.70. The van der Waals surface area contributed by atoms with Crippen molar-refractivity contribution in [3.8, 4) is 0 Å². The fraction of sp³-hybridized carbons (Fsp3) is 0.312. The molecule has 0 aliphatic rings. The molecular formula is C16H20N4. The van der Waals surface area contributed by atoms with Gasteiger partial charge in [0.25, 0.3) is 0 Å². The molecule has 0 aliphatic carbocycles. The second kappa shape index (κ2) is 5.13. The number of hydrogen-bond donors (Lipinski definition) is 1. The standard InChI is InChI=1S/C16H20N4/c1-12-9-14(19(3)18-12)11-20-8-7-15-13(10-17-2)5-4-6-16(15)20/h4-9,17H,10-11H2,1-3H3. The molecule has 0 bridgehead atoms. The van der Waals surface area contributed by atoms with Gasteiger partial charge in [-0.3, -0.25) is 4.68 Å². The second-order valence-electron chi connectivity index (χ2n) is 5.22. The lowest BCUT2D eigenvalue weighted by Gasteiger charge is -2.07. The van der Waals surface area contributed by atoms with E-state index in [0.29, 0.717) is 0 Å². The van der Waals surface area contributed by atoms with E-state index in [1.54, 1.807) is 0 Å². The van der Waals surface area contributed by atoms with E-state index in [1.807, 2.05) is 25.7 Å². The first-order valence-electron chi connectivity index (χ1n) is 6.90. The van der Waals surface area contributed by atoms with Gasteiger partial charge in [-0.1, -0.05) is 12.1 Å². The van der Waals surface area contributed by atoms with Gasteiger partial charge in [0.2, 0.25) is 0 Å². The number of fused-ring (bicyclic) bond motifs is 1. The molecule has 0 amide bonds. The number of aromatic nitrogens is 3. The maximum Gasteiger partial charge on any atom is 0.0645 e. The van der Waals surface area contributed by atoms with Crippen LogP contribution in [0, 0.1) is 6.92 Å². The van der Waals surface area contributed by atoms with E-state index >= 15 is 0 Å². The lowest BCUT2D eigenvalue weighted by atomic mass is 10.1. The number of nitrogens with one attached hydrogen (secondary N) is 1. The van der Waals surface area contributed by atoms with Crippen molar-refractivity contribution in [2.24, 2.45) is 7.05 Å². The van der Waals surface area contributed by atoms with Gasteiger partial charge in [-0.05, 0) is 37.7 Å². The van der Waals surface area contributed by atoms with Crippen molar-refractivity contribution < 1.29 is 0 Å². The number of nitrogens with zero attached hydrogens (tertiary/aromatic N) is 3. The molecule has 4 nitrogen and oxygen atoms in total. The predicted octanol–water partition coefficient (Wildman–Crippen LogP) is 2.45. The molecule has 0 unspecified atom stereocenters. The van der Waals surface area contributed by atoms with Gasteiger partial charge in [0.1, 0.15) is 0 Å². The maximum absolute atomic E-state index is 4.41. The van der Waals surface area contributed by atoms with Crippen LogP contribution in [0.15, 0.2) is 36.5 Å². The SMILES string of the molecule is CNCc1cccc2c1ccn2Cc1cc(C)nn1C.